The SMILES string of the molecule is Cc1cc(C(=O)N2CC[C@@H](CN(C)Cc3cccnc3)C2)ccc1F. The summed E-state index contributed by atoms with van der Waals surface area (Å²) in [5.74, 6) is 0.195. The van der Waals surface area contributed by atoms with Crippen molar-refractivity contribution < 1.29 is 9.18 Å². The molecule has 1 aromatic heterocycles. The Labute approximate surface area is 148 Å². The van der Waals surface area contributed by atoms with Gasteiger partial charge in [0, 0.05) is 44.1 Å². The molecule has 1 fully saturated rings. The number of halogens is 1. The Balaban J connectivity index is 1.54. The highest BCUT2D eigenvalue weighted by Crippen LogP contribution is 2.21. The molecule has 1 atom stereocenters. The molecule has 0 saturated carbocycles. The second-order valence-corrected chi connectivity index (χ2v) is 6.93. The minimum Gasteiger partial charge on any atom is -0.338 e. The van der Waals surface area contributed by atoms with Gasteiger partial charge in [0.1, 0.15) is 5.82 Å². The van der Waals surface area contributed by atoms with Gasteiger partial charge < -0.3 is 9.80 Å². The van der Waals surface area contributed by atoms with Crippen molar-refractivity contribution in [1.82, 2.24) is 14.8 Å². The average Bonchev–Trinajstić information content (AvgIpc) is 3.06. The van der Waals surface area contributed by atoms with E-state index in [-0.39, 0.29) is 11.7 Å². The summed E-state index contributed by atoms with van der Waals surface area (Å²) in [5, 5.41) is 0. The quantitative estimate of drug-likeness (QED) is 0.838. The van der Waals surface area contributed by atoms with E-state index in [0.29, 0.717) is 17.0 Å². The Morgan fingerprint density at radius 3 is 2.96 bits per heavy atom. The van der Waals surface area contributed by atoms with Crippen LogP contribution in [0.15, 0.2) is 42.7 Å². The third-order valence-corrected chi connectivity index (χ3v) is 4.72. The molecule has 5 heteroatoms. The van der Waals surface area contributed by atoms with Crippen molar-refractivity contribution in [2.45, 2.75) is 19.9 Å². The van der Waals surface area contributed by atoms with Crippen LogP contribution in [0.2, 0.25) is 0 Å². The molecule has 132 valence electrons. The van der Waals surface area contributed by atoms with Crippen molar-refractivity contribution >= 4 is 5.91 Å². The zero-order valence-corrected chi connectivity index (χ0v) is 14.8. The van der Waals surface area contributed by atoms with Crippen LogP contribution in [0.3, 0.4) is 0 Å². The van der Waals surface area contributed by atoms with E-state index in [0.717, 1.165) is 32.6 Å². The Bertz CT molecular complexity index is 735. The van der Waals surface area contributed by atoms with Crippen LogP contribution in [0.1, 0.15) is 27.9 Å². The highest BCUT2D eigenvalue weighted by molar-refractivity contribution is 5.94. The smallest absolute Gasteiger partial charge is 0.253 e. The topological polar surface area (TPSA) is 36.4 Å². The van der Waals surface area contributed by atoms with Gasteiger partial charge in [-0.1, -0.05) is 6.07 Å². The van der Waals surface area contributed by atoms with Gasteiger partial charge in [-0.3, -0.25) is 9.78 Å². The van der Waals surface area contributed by atoms with E-state index in [1.54, 1.807) is 25.3 Å². The van der Waals surface area contributed by atoms with Crippen LogP contribution in [-0.4, -0.2) is 47.4 Å². The van der Waals surface area contributed by atoms with Crippen LogP contribution in [0.25, 0.3) is 0 Å². The molecule has 4 nitrogen and oxygen atoms in total. The standard InChI is InChI=1S/C20H24FN3O/c1-15-10-18(5-6-19(15)21)20(25)24-9-7-17(14-24)13-23(2)12-16-4-3-8-22-11-16/h3-6,8,10-11,17H,7,9,12-14H2,1-2H3/t17-/m0/s1. The number of hydrogen-bond acceptors (Lipinski definition) is 3. The number of hydrogen-bond donors (Lipinski definition) is 0. The van der Waals surface area contributed by atoms with Gasteiger partial charge in [-0.15, -0.1) is 0 Å². The number of nitrogens with zero attached hydrogens (tertiary/aromatic N) is 3. The number of aromatic nitrogens is 1. The summed E-state index contributed by atoms with van der Waals surface area (Å²) in [5.41, 5.74) is 2.28. The second kappa shape index (κ2) is 7.74. The molecule has 0 unspecified atom stereocenters. The maximum Gasteiger partial charge on any atom is 0.253 e. The first kappa shape index (κ1) is 17.5. The summed E-state index contributed by atoms with van der Waals surface area (Å²) in [7, 11) is 2.10. The molecule has 0 N–H and O–H groups in total. The first-order valence-electron chi connectivity index (χ1n) is 8.66. The molecule has 0 bridgehead atoms. The maximum atomic E-state index is 13.4. The number of aryl methyl sites for hydroxylation is 1. The molecule has 0 spiro atoms. The fourth-order valence-electron chi connectivity index (χ4n) is 3.44. The fraction of sp³-hybridized carbons (Fsp3) is 0.400. The third-order valence-electron chi connectivity index (χ3n) is 4.72. The van der Waals surface area contributed by atoms with E-state index in [1.807, 2.05) is 17.2 Å². The van der Waals surface area contributed by atoms with E-state index >= 15 is 0 Å². The largest absolute Gasteiger partial charge is 0.338 e. The zero-order valence-electron chi connectivity index (χ0n) is 14.8. The summed E-state index contributed by atoms with van der Waals surface area (Å²) >= 11 is 0. The van der Waals surface area contributed by atoms with E-state index in [4.69, 9.17) is 0 Å². The fourth-order valence-corrected chi connectivity index (χ4v) is 3.44. The second-order valence-electron chi connectivity index (χ2n) is 6.93. The van der Waals surface area contributed by atoms with E-state index in [2.05, 4.69) is 23.0 Å². The summed E-state index contributed by atoms with van der Waals surface area (Å²) < 4.78 is 13.4. The first-order chi connectivity index (χ1) is 12.0. The number of benzene rings is 1. The van der Waals surface area contributed by atoms with Gasteiger partial charge in [-0.25, -0.2) is 4.39 Å². The minimum atomic E-state index is -0.270. The van der Waals surface area contributed by atoms with Crippen LogP contribution in [0, 0.1) is 18.7 Å². The third kappa shape index (κ3) is 4.42. The van der Waals surface area contributed by atoms with Crippen molar-refractivity contribution in [3.8, 4) is 0 Å². The summed E-state index contributed by atoms with van der Waals surface area (Å²) in [6, 6.07) is 8.61. The molecular weight excluding hydrogens is 317 g/mol. The first-order valence-corrected chi connectivity index (χ1v) is 8.66. The summed E-state index contributed by atoms with van der Waals surface area (Å²) in [6.45, 7) is 5.01. The number of carbonyl (C=O) groups excluding carboxylic acids is 1. The van der Waals surface area contributed by atoms with Crippen LogP contribution < -0.4 is 0 Å². The maximum absolute atomic E-state index is 13.4. The molecule has 2 heterocycles. The minimum absolute atomic E-state index is 0.000474. The molecule has 1 aromatic carbocycles. The normalized spacial score (nSPS) is 17.3. The summed E-state index contributed by atoms with van der Waals surface area (Å²) in [6.07, 6.45) is 4.67. The lowest BCUT2D eigenvalue weighted by Crippen LogP contribution is -2.31. The van der Waals surface area contributed by atoms with Crippen LogP contribution in [0.4, 0.5) is 4.39 Å². The van der Waals surface area contributed by atoms with Gasteiger partial charge in [-0.05, 0) is 61.7 Å². The van der Waals surface area contributed by atoms with Crippen molar-refractivity contribution in [3.05, 3.63) is 65.2 Å². The Hall–Kier alpha value is -2.27. The highest BCUT2D eigenvalue weighted by atomic mass is 19.1. The Morgan fingerprint density at radius 1 is 1.40 bits per heavy atom. The number of rotatable bonds is 5. The Morgan fingerprint density at radius 2 is 2.24 bits per heavy atom. The molecule has 0 radical (unpaired) electrons. The number of likely N-dealkylation sites (tertiary alicyclic amines) is 1. The van der Waals surface area contributed by atoms with Gasteiger partial charge in [0.05, 0.1) is 0 Å². The predicted octanol–water partition coefficient (Wildman–Crippen LogP) is 3.12. The van der Waals surface area contributed by atoms with Crippen LogP contribution >= 0.6 is 0 Å². The number of pyridine rings is 1. The van der Waals surface area contributed by atoms with E-state index in [9.17, 15) is 9.18 Å². The molecule has 1 saturated heterocycles. The Kier molecular flexibility index (Phi) is 5.43. The lowest BCUT2D eigenvalue weighted by atomic mass is 10.1. The monoisotopic (exact) mass is 341 g/mol. The van der Waals surface area contributed by atoms with Crippen molar-refractivity contribution in [2.75, 3.05) is 26.7 Å². The molecule has 25 heavy (non-hydrogen) atoms. The van der Waals surface area contributed by atoms with Crippen molar-refractivity contribution in [3.63, 3.8) is 0 Å². The van der Waals surface area contributed by atoms with Crippen molar-refractivity contribution in [2.24, 2.45) is 5.92 Å². The zero-order chi connectivity index (χ0) is 17.8. The predicted molar refractivity (Wildman–Crippen MR) is 95.7 cm³/mol. The molecule has 1 aliphatic heterocycles. The lowest BCUT2D eigenvalue weighted by Gasteiger charge is -2.21. The van der Waals surface area contributed by atoms with Gasteiger partial charge in [0.25, 0.3) is 5.91 Å². The molecule has 3 rings (SSSR count). The molecule has 0 aliphatic carbocycles. The van der Waals surface area contributed by atoms with Gasteiger partial charge in [-0.2, -0.15) is 0 Å². The average molecular weight is 341 g/mol. The van der Waals surface area contributed by atoms with E-state index < -0.39 is 0 Å². The lowest BCUT2D eigenvalue weighted by molar-refractivity contribution is 0.0784. The van der Waals surface area contributed by atoms with Gasteiger partial charge in [0.2, 0.25) is 0 Å². The van der Waals surface area contributed by atoms with Crippen LogP contribution in [-0.2, 0) is 6.54 Å². The van der Waals surface area contributed by atoms with Gasteiger partial charge >= 0.3 is 0 Å². The molecule has 1 aliphatic rings. The van der Waals surface area contributed by atoms with Crippen molar-refractivity contribution in [1.29, 1.82) is 0 Å². The number of carbonyl (C=O) groups is 1. The van der Waals surface area contributed by atoms with E-state index in [1.165, 1.54) is 11.6 Å². The molecule has 1 amide bonds. The molecular formula is C20H24FN3O. The summed E-state index contributed by atoms with van der Waals surface area (Å²) in [4.78, 5) is 20.9. The number of amides is 1. The highest BCUT2D eigenvalue weighted by Gasteiger charge is 2.27. The molecule has 2 aromatic rings. The van der Waals surface area contributed by atoms with Crippen LogP contribution in [0.5, 0.6) is 0 Å². The van der Waals surface area contributed by atoms with Gasteiger partial charge in [0.15, 0.2) is 0 Å².